The zero-order chi connectivity index (χ0) is 14.4. The van der Waals surface area contributed by atoms with E-state index in [2.05, 4.69) is 24.1 Å². The molecule has 0 bridgehead atoms. The third-order valence-electron chi connectivity index (χ3n) is 2.70. The average Bonchev–Trinajstić information content (AvgIpc) is 2.32. The van der Waals surface area contributed by atoms with Gasteiger partial charge in [0.2, 0.25) is 5.91 Å². The van der Waals surface area contributed by atoms with Gasteiger partial charge in [-0.2, -0.15) is 0 Å². The van der Waals surface area contributed by atoms with E-state index in [-0.39, 0.29) is 5.91 Å². The fourth-order valence-corrected chi connectivity index (χ4v) is 2.02. The van der Waals surface area contributed by atoms with Crippen molar-refractivity contribution < 1.29 is 4.79 Å². The number of likely N-dealkylation sites (N-methyl/N-ethyl adjacent to an activating group) is 1. The number of halogens is 1. The Bertz CT molecular complexity index is 435. The molecule has 0 aromatic heterocycles. The van der Waals surface area contributed by atoms with Crippen molar-refractivity contribution in [2.75, 3.05) is 30.7 Å². The van der Waals surface area contributed by atoms with Crippen LogP contribution in [0.2, 0.25) is 5.02 Å². The van der Waals surface area contributed by atoms with Gasteiger partial charge in [0.15, 0.2) is 0 Å². The lowest BCUT2D eigenvalue weighted by atomic mass is 10.2. The number of nitrogen functional groups attached to an aromatic ring is 1. The molecule has 0 saturated heterocycles. The molecular weight excluding hydrogens is 262 g/mol. The highest BCUT2D eigenvalue weighted by Crippen LogP contribution is 2.23. The first-order valence-electron chi connectivity index (χ1n) is 6.49. The lowest BCUT2D eigenvalue weighted by molar-refractivity contribution is -0.117. The normalized spacial score (nSPS) is 11.1. The Morgan fingerprint density at radius 1 is 1.47 bits per heavy atom. The number of benzene rings is 1. The molecule has 19 heavy (non-hydrogen) atoms. The summed E-state index contributed by atoms with van der Waals surface area (Å²) >= 11 is 6.01. The number of amides is 1. The largest absolute Gasteiger partial charge is 0.399 e. The molecule has 0 atom stereocenters. The summed E-state index contributed by atoms with van der Waals surface area (Å²) in [5.74, 6) is 0.457. The summed E-state index contributed by atoms with van der Waals surface area (Å²) in [6.07, 6.45) is 0. The van der Waals surface area contributed by atoms with E-state index >= 15 is 0 Å². The van der Waals surface area contributed by atoms with Crippen LogP contribution in [0.15, 0.2) is 18.2 Å². The molecule has 1 aromatic carbocycles. The zero-order valence-corrected chi connectivity index (χ0v) is 12.5. The molecule has 1 aromatic rings. The molecule has 0 saturated carbocycles. The fourth-order valence-electron chi connectivity index (χ4n) is 1.85. The predicted molar refractivity (Wildman–Crippen MR) is 81.4 cm³/mol. The highest BCUT2D eigenvalue weighted by molar-refractivity contribution is 6.33. The van der Waals surface area contributed by atoms with E-state index in [9.17, 15) is 4.79 Å². The van der Waals surface area contributed by atoms with Crippen LogP contribution in [-0.2, 0) is 4.79 Å². The summed E-state index contributed by atoms with van der Waals surface area (Å²) in [6, 6.07) is 5.05. The molecule has 1 amide bonds. The van der Waals surface area contributed by atoms with Crippen LogP contribution < -0.4 is 11.1 Å². The molecule has 5 heteroatoms. The van der Waals surface area contributed by atoms with Gasteiger partial charge >= 0.3 is 0 Å². The van der Waals surface area contributed by atoms with Crippen molar-refractivity contribution in [3.8, 4) is 0 Å². The highest BCUT2D eigenvalue weighted by atomic mass is 35.5. The highest BCUT2D eigenvalue weighted by Gasteiger charge is 2.12. The Hall–Kier alpha value is -1.26. The number of hydrogen-bond donors (Lipinski definition) is 2. The maximum Gasteiger partial charge on any atom is 0.238 e. The lowest BCUT2D eigenvalue weighted by Gasteiger charge is -2.21. The standard InChI is InChI=1S/C14H22ClN3O/c1-4-18(8-10(2)3)9-14(19)17-13-7-11(16)5-6-12(13)15/h5-7,10H,4,8-9,16H2,1-3H3,(H,17,19). The summed E-state index contributed by atoms with van der Waals surface area (Å²) in [4.78, 5) is 14.1. The van der Waals surface area contributed by atoms with Crippen molar-refractivity contribution in [3.63, 3.8) is 0 Å². The quantitative estimate of drug-likeness (QED) is 0.789. The third kappa shape index (κ3) is 5.49. The SMILES string of the molecule is CCN(CC(=O)Nc1cc(N)ccc1Cl)CC(C)C. The monoisotopic (exact) mass is 283 g/mol. The predicted octanol–water partition coefficient (Wildman–Crippen LogP) is 2.84. The van der Waals surface area contributed by atoms with Crippen molar-refractivity contribution >= 4 is 28.9 Å². The number of nitrogens with two attached hydrogens (primary N) is 1. The molecule has 0 fully saturated rings. The van der Waals surface area contributed by atoms with Crippen molar-refractivity contribution in [1.29, 1.82) is 0 Å². The number of carbonyl (C=O) groups is 1. The van der Waals surface area contributed by atoms with E-state index in [0.717, 1.165) is 13.1 Å². The Morgan fingerprint density at radius 3 is 2.74 bits per heavy atom. The number of nitrogens with zero attached hydrogens (tertiary/aromatic N) is 1. The van der Waals surface area contributed by atoms with Crippen LogP contribution in [0.25, 0.3) is 0 Å². The summed E-state index contributed by atoms with van der Waals surface area (Å²) in [5.41, 5.74) is 6.82. The van der Waals surface area contributed by atoms with E-state index in [4.69, 9.17) is 17.3 Å². The van der Waals surface area contributed by atoms with Gasteiger partial charge in [0.1, 0.15) is 0 Å². The van der Waals surface area contributed by atoms with Gasteiger partial charge in [-0.3, -0.25) is 9.69 Å². The van der Waals surface area contributed by atoms with Crippen molar-refractivity contribution in [2.45, 2.75) is 20.8 Å². The molecule has 0 heterocycles. The van der Waals surface area contributed by atoms with E-state index in [1.54, 1.807) is 18.2 Å². The zero-order valence-electron chi connectivity index (χ0n) is 11.7. The lowest BCUT2D eigenvalue weighted by Crippen LogP contribution is -2.35. The van der Waals surface area contributed by atoms with Gasteiger partial charge in [0, 0.05) is 12.2 Å². The maximum atomic E-state index is 12.0. The number of rotatable bonds is 6. The second-order valence-corrected chi connectivity index (χ2v) is 5.42. The van der Waals surface area contributed by atoms with Gasteiger partial charge in [-0.25, -0.2) is 0 Å². The van der Waals surface area contributed by atoms with Crippen LogP contribution in [0.3, 0.4) is 0 Å². The number of carbonyl (C=O) groups excluding carboxylic acids is 1. The number of anilines is 2. The van der Waals surface area contributed by atoms with Crippen LogP contribution in [0.5, 0.6) is 0 Å². The Labute approximate surface area is 119 Å². The molecule has 1 rings (SSSR count). The molecule has 0 radical (unpaired) electrons. The van der Waals surface area contributed by atoms with Crippen molar-refractivity contribution in [3.05, 3.63) is 23.2 Å². The van der Waals surface area contributed by atoms with Gasteiger partial charge in [-0.05, 0) is 30.7 Å². The first-order chi connectivity index (χ1) is 8.92. The van der Waals surface area contributed by atoms with Crippen molar-refractivity contribution in [1.82, 2.24) is 4.90 Å². The van der Waals surface area contributed by atoms with Gasteiger partial charge in [-0.1, -0.05) is 32.4 Å². The Morgan fingerprint density at radius 2 is 2.16 bits per heavy atom. The molecule has 0 aliphatic heterocycles. The molecular formula is C14H22ClN3O. The van der Waals surface area contributed by atoms with E-state index in [0.29, 0.717) is 28.9 Å². The number of hydrogen-bond acceptors (Lipinski definition) is 3. The minimum absolute atomic E-state index is 0.0741. The van der Waals surface area contributed by atoms with Gasteiger partial charge in [0.25, 0.3) is 0 Å². The minimum atomic E-state index is -0.0741. The molecule has 0 aliphatic rings. The van der Waals surface area contributed by atoms with Crippen LogP contribution >= 0.6 is 11.6 Å². The first-order valence-corrected chi connectivity index (χ1v) is 6.87. The maximum absolute atomic E-state index is 12.0. The summed E-state index contributed by atoms with van der Waals surface area (Å²) in [7, 11) is 0. The Balaban J connectivity index is 2.61. The molecule has 106 valence electrons. The minimum Gasteiger partial charge on any atom is -0.399 e. The van der Waals surface area contributed by atoms with E-state index in [1.807, 2.05) is 6.92 Å². The van der Waals surface area contributed by atoms with Crippen LogP contribution in [0.4, 0.5) is 11.4 Å². The smallest absolute Gasteiger partial charge is 0.238 e. The Kier molecular flexibility index (Phi) is 6.12. The third-order valence-corrected chi connectivity index (χ3v) is 3.03. The summed E-state index contributed by atoms with van der Waals surface area (Å²) in [5, 5.41) is 3.29. The van der Waals surface area contributed by atoms with Crippen LogP contribution in [0.1, 0.15) is 20.8 Å². The molecule has 0 spiro atoms. The fraction of sp³-hybridized carbons (Fsp3) is 0.500. The summed E-state index contributed by atoms with van der Waals surface area (Å²) in [6.45, 7) is 8.42. The second kappa shape index (κ2) is 7.36. The topological polar surface area (TPSA) is 58.4 Å². The molecule has 4 nitrogen and oxygen atoms in total. The molecule has 3 N–H and O–H groups in total. The molecule has 0 aliphatic carbocycles. The number of nitrogens with one attached hydrogen (secondary N) is 1. The molecule has 0 unspecified atom stereocenters. The van der Waals surface area contributed by atoms with Crippen LogP contribution in [-0.4, -0.2) is 30.4 Å². The van der Waals surface area contributed by atoms with Gasteiger partial charge in [0.05, 0.1) is 17.3 Å². The second-order valence-electron chi connectivity index (χ2n) is 5.01. The first kappa shape index (κ1) is 15.8. The van der Waals surface area contributed by atoms with E-state index < -0.39 is 0 Å². The van der Waals surface area contributed by atoms with Crippen molar-refractivity contribution in [2.24, 2.45) is 5.92 Å². The van der Waals surface area contributed by atoms with Gasteiger partial charge < -0.3 is 11.1 Å². The van der Waals surface area contributed by atoms with Crippen LogP contribution in [0, 0.1) is 5.92 Å². The van der Waals surface area contributed by atoms with E-state index in [1.165, 1.54) is 0 Å². The summed E-state index contributed by atoms with van der Waals surface area (Å²) < 4.78 is 0. The van der Waals surface area contributed by atoms with Gasteiger partial charge in [-0.15, -0.1) is 0 Å². The average molecular weight is 284 g/mol.